The molecule has 0 saturated heterocycles. The zero-order valence-electron chi connectivity index (χ0n) is 22.8. The number of quaternary nitrogens is 1. The number of benzene rings is 2. The predicted octanol–water partition coefficient (Wildman–Crippen LogP) is 2.38. The van der Waals surface area contributed by atoms with E-state index in [-0.39, 0.29) is 43.4 Å². The van der Waals surface area contributed by atoms with E-state index < -0.39 is 5.60 Å². The Morgan fingerprint density at radius 2 is 1.49 bits per heavy atom. The number of hydrogen-bond acceptors (Lipinski definition) is 6. The molecule has 2 aromatic carbocycles. The van der Waals surface area contributed by atoms with Crippen LogP contribution in [0.1, 0.15) is 57.4 Å². The normalized spacial score (nSPS) is 18.4. The van der Waals surface area contributed by atoms with E-state index in [9.17, 15) is 4.79 Å². The van der Waals surface area contributed by atoms with Gasteiger partial charge in [-0.05, 0) is 56.2 Å². The molecule has 0 unspecified atom stereocenters. The van der Waals surface area contributed by atoms with Crippen LogP contribution in [0.25, 0.3) is 0 Å². The lowest BCUT2D eigenvalue weighted by Crippen LogP contribution is -3.00. The van der Waals surface area contributed by atoms with Gasteiger partial charge < -0.3 is 52.1 Å². The average molecular weight is 630 g/mol. The molecule has 0 spiro atoms. The Morgan fingerprint density at radius 3 is 2.05 bits per heavy atom. The largest absolute Gasteiger partial charge is 1.00 e. The topological polar surface area (TPSA) is 63.2 Å². The summed E-state index contributed by atoms with van der Waals surface area (Å²) in [6.07, 6.45) is 2.02. The molecule has 0 radical (unpaired) electrons. The highest BCUT2D eigenvalue weighted by molar-refractivity contribution is 5.69. The minimum Gasteiger partial charge on any atom is -1.00 e. The highest BCUT2D eigenvalue weighted by atomic mass is 127. The van der Waals surface area contributed by atoms with Gasteiger partial charge in [-0.2, -0.15) is 0 Å². The van der Waals surface area contributed by atoms with E-state index in [4.69, 9.17) is 23.7 Å². The van der Waals surface area contributed by atoms with Gasteiger partial charge in [0.1, 0.15) is 11.6 Å². The second-order valence-corrected chi connectivity index (χ2v) is 10.3. The Balaban J connectivity index is 0.00000342. The summed E-state index contributed by atoms with van der Waals surface area (Å²) in [4.78, 5) is 12.6. The van der Waals surface area contributed by atoms with Gasteiger partial charge in [-0.15, -0.1) is 0 Å². The van der Waals surface area contributed by atoms with Gasteiger partial charge in [0.05, 0.1) is 55.0 Å². The summed E-state index contributed by atoms with van der Waals surface area (Å²) in [6, 6.07) is 10.4. The summed E-state index contributed by atoms with van der Waals surface area (Å²) in [5.74, 6) is 2.69. The van der Waals surface area contributed by atoms with Crippen LogP contribution in [0.4, 0.5) is 0 Å². The maximum atomic E-state index is 12.6. The lowest BCUT2D eigenvalue weighted by molar-refractivity contribution is -0.940. The molecule has 0 N–H and O–H groups in total. The van der Waals surface area contributed by atoms with Gasteiger partial charge in [0.15, 0.2) is 23.0 Å². The molecule has 2 aromatic rings. The molecule has 0 amide bonds. The minimum atomic E-state index is -0.493. The van der Waals surface area contributed by atoms with E-state index in [1.165, 1.54) is 11.1 Å². The zero-order chi connectivity index (χ0) is 25.8. The standard InChI is InChI=1S/C28H40NO6.CH4.HI/c1-28(2,3)35-27(30)12-14-29(4)13-11-20-17-25(33-7)26(34-8)18-21(20)22(29)15-19-9-10-23(31-5)24(16-19)32-6;;/h9-10,16-18,22H,11-15H2,1-8H3;1H4;1H/q+1;;/p-1/t22-,29-;;/m1../s1. The van der Waals surface area contributed by atoms with Crippen LogP contribution < -0.4 is 42.9 Å². The van der Waals surface area contributed by atoms with E-state index in [0.717, 1.165) is 35.2 Å². The van der Waals surface area contributed by atoms with Crippen LogP contribution in [0.2, 0.25) is 0 Å². The molecule has 1 heterocycles. The van der Waals surface area contributed by atoms with Crippen molar-refractivity contribution in [2.45, 2.75) is 59.1 Å². The first-order valence-electron chi connectivity index (χ1n) is 12.1. The number of esters is 1. The Hall–Kier alpha value is -2.20. The smallest absolute Gasteiger partial charge is 0.312 e. The molecule has 0 fully saturated rings. The summed E-state index contributed by atoms with van der Waals surface area (Å²) in [5.41, 5.74) is 3.11. The number of likely N-dealkylation sites (N-methyl/N-ethyl adjacent to an activating group) is 1. The van der Waals surface area contributed by atoms with Crippen molar-refractivity contribution in [2.24, 2.45) is 0 Å². The fraction of sp³-hybridized carbons (Fsp3) is 0.552. The highest BCUT2D eigenvalue weighted by Gasteiger charge is 2.40. The van der Waals surface area contributed by atoms with Gasteiger partial charge in [0.25, 0.3) is 0 Å². The van der Waals surface area contributed by atoms with Gasteiger partial charge in [-0.25, -0.2) is 0 Å². The van der Waals surface area contributed by atoms with Gasteiger partial charge in [-0.1, -0.05) is 13.5 Å². The van der Waals surface area contributed by atoms with Crippen LogP contribution >= 0.6 is 0 Å². The molecule has 0 aliphatic carbocycles. The molecule has 3 rings (SSSR count). The van der Waals surface area contributed by atoms with Crippen molar-refractivity contribution in [2.75, 3.05) is 48.6 Å². The van der Waals surface area contributed by atoms with Crippen LogP contribution in [0.3, 0.4) is 0 Å². The van der Waals surface area contributed by atoms with E-state index in [1.54, 1.807) is 28.4 Å². The third-order valence-corrected chi connectivity index (χ3v) is 6.77. The minimum absolute atomic E-state index is 0. The summed E-state index contributed by atoms with van der Waals surface area (Å²) in [6.45, 7) is 7.29. The first-order valence-corrected chi connectivity index (χ1v) is 12.1. The van der Waals surface area contributed by atoms with Crippen molar-refractivity contribution in [3.8, 4) is 23.0 Å². The zero-order valence-corrected chi connectivity index (χ0v) is 24.9. The second kappa shape index (κ2) is 13.6. The molecule has 7 nitrogen and oxygen atoms in total. The summed E-state index contributed by atoms with van der Waals surface area (Å²) < 4.78 is 28.5. The third kappa shape index (κ3) is 7.89. The van der Waals surface area contributed by atoms with Gasteiger partial charge in [-0.3, -0.25) is 4.79 Å². The number of methoxy groups -OCH3 is 4. The van der Waals surface area contributed by atoms with Crippen LogP contribution in [-0.4, -0.2) is 64.6 Å². The number of carbonyl (C=O) groups is 1. The molecule has 8 heteroatoms. The molecular formula is C29H44INO6. The summed E-state index contributed by atoms with van der Waals surface area (Å²) >= 11 is 0. The fourth-order valence-corrected chi connectivity index (χ4v) is 4.90. The molecule has 2 atom stereocenters. The van der Waals surface area contributed by atoms with Crippen molar-refractivity contribution in [1.82, 2.24) is 0 Å². The van der Waals surface area contributed by atoms with Crippen LogP contribution in [0.15, 0.2) is 30.3 Å². The van der Waals surface area contributed by atoms with E-state index in [1.807, 2.05) is 32.9 Å². The monoisotopic (exact) mass is 629 g/mol. The quantitative estimate of drug-likeness (QED) is 0.241. The molecule has 0 aromatic heterocycles. The molecule has 1 aliphatic heterocycles. The van der Waals surface area contributed by atoms with Crippen molar-refractivity contribution in [3.63, 3.8) is 0 Å². The summed E-state index contributed by atoms with van der Waals surface area (Å²) in [7, 11) is 8.84. The number of carbonyl (C=O) groups excluding carboxylic acids is 1. The first kappa shape index (κ1) is 32.8. The number of halogens is 1. The lowest BCUT2D eigenvalue weighted by Gasteiger charge is -2.46. The first-order chi connectivity index (χ1) is 16.5. The maximum absolute atomic E-state index is 12.6. The second-order valence-electron chi connectivity index (χ2n) is 10.3. The Morgan fingerprint density at radius 1 is 0.919 bits per heavy atom. The van der Waals surface area contributed by atoms with Gasteiger partial charge in [0.2, 0.25) is 0 Å². The van der Waals surface area contributed by atoms with Gasteiger partial charge in [0, 0.05) is 18.4 Å². The number of hydrogen-bond donors (Lipinski definition) is 0. The van der Waals surface area contributed by atoms with Crippen molar-refractivity contribution in [3.05, 3.63) is 47.0 Å². The highest BCUT2D eigenvalue weighted by Crippen LogP contribution is 2.43. The summed E-state index contributed by atoms with van der Waals surface area (Å²) in [5, 5.41) is 0. The van der Waals surface area contributed by atoms with Crippen LogP contribution in [-0.2, 0) is 22.4 Å². The molecule has 37 heavy (non-hydrogen) atoms. The Bertz CT molecular complexity index is 1050. The third-order valence-electron chi connectivity index (χ3n) is 6.77. The number of nitrogens with zero attached hydrogens (tertiary/aromatic N) is 1. The molecule has 208 valence electrons. The maximum Gasteiger partial charge on any atom is 0.312 e. The molecule has 1 aliphatic rings. The van der Waals surface area contributed by atoms with E-state index >= 15 is 0 Å². The number of fused-ring (bicyclic) bond motifs is 1. The predicted molar refractivity (Wildman–Crippen MR) is 142 cm³/mol. The van der Waals surface area contributed by atoms with Gasteiger partial charge >= 0.3 is 5.97 Å². The molecular weight excluding hydrogens is 585 g/mol. The van der Waals surface area contributed by atoms with E-state index in [2.05, 4.69) is 25.2 Å². The Labute approximate surface area is 240 Å². The van der Waals surface area contributed by atoms with E-state index in [0.29, 0.717) is 30.2 Å². The number of rotatable bonds is 9. The molecule has 0 saturated carbocycles. The fourth-order valence-electron chi connectivity index (χ4n) is 4.90. The number of ether oxygens (including phenoxy) is 5. The van der Waals surface area contributed by atoms with Crippen LogP contribution in [0, 0.1) is 0 Å². The van der Waals surface area contributed by atoms with Crippen molar-refractivity contribution < 1.29 is 56.9 Å². The lowest BCUT2D eigenvalue weighted by atomic mass is 9.86. The van der Waals surface area contributed by atoms with Crippen molar-refractivity contribution >= 4 is 5.97 Å². The van der Waals surface area contributed by atoms with Crippen LogP contribution in [0.5, 0.6) is 23.0 Å². The SMILES string of the molecule is C.COc1ccc(C[C@@H]2c3cc(OC)c(OC)cc3CC[N@+]2(C)CCC(=O)OC(C)(C)C)cc1OC.[I-]. The Kier molecular flexibility index (Phi) is 12.0. The molecule has 0 bridgehead atoms. The average Bonchev–Trinajstić information content (AvgIpc) is 2.82. The van der Waals surface area contributed by atoms with Crippen molar-refractivity contribution in [1.29, 1.82) is 0 Å².